The zero-order valence-electron chi connectivity index (χ0n) is 10.2. The first-order chi connectivity index (χ1) is 7.24. The molecule has 2 aliphatic rings. The van der Waals surface area contributed by atoms with E-state index in [4.69, 9.17) is 4.74 Å². The molecule has 2 heteroatoms. The maximum atomic E-state index is 6.36. The van der Waals surface area contributed by atoms with Crippen LogP contribution in [0.3, 0.4) is 0 Å². The fourth-order valence-corrected chi connectivity index (χ4v) is 3.09. The SMILES string of the molecule is CNCC1(OC2CCC2)CCCC(C)C1. The van der Waals surface area contributed by atoms with Crippen LogP contribution in [0.25, 0.3) is 0 Å². The van der Waals surface area contributed by atoms with E-state index >= 15 is 0 Å². The lowest BCUT2D eigenvalue weighted by Gasteiger charge is -2.44. The largest absolute Gasteiger partial charge is 0.370 e. The summed E-state index contributed by atoms with van der Waals surface area (Å²) >= 11 is 0. The maximum Gasteiger partial charge on any atom is 0.0812 e. The summed E-state index contributed by atoms with van der Waals surface area (Å²) < 4.78 is 6.36. The quantitative estimate of drug-likeness (QED) is 0.772. The molecular weight excluding hydrogens is 186 g/mol. The highest BCUT2D eigenvalue weighted by atomic mass is 16.5. The fraction of sp³-hybridized carbons (Fsp3) is 1.00. The zero-order valence-corrected chi connectivity index (χ0v) is 10.2. The highest BCUT2D eigenvalue weighted by Crippen LogP contribution is 2.38. The summed E-state index contributed by atoms with van der Waals surface area (Å²) in [5.74, 6) is 0.840. The number of hydrogen-bond acceptors (Lipinski definition) is 2. The van der Waals surface area contributed by atoms with Gasteiger partial charge in [0, 0.05) is 6.54 Å². The van der Waals surface area contributed by atoms with Crippen molar-refractivity contribution in [2.75, 3.05) is 13.6 Å². The average Bonchev–Trinajstić information content (AvgIpc) is 2.12. The Balaban J connectivity index is 1.94. The number of likely N-dealkylation sites (N-methyl/N-ethyl adjacent to an activating group) is 1. The summed E-state index contributed by atoms with van der Waals surface area (Å²) in [5, 5.41) is 3.33. The molecule has 88 valence electrons. The maximum absolute atomic E-state index is 6.36. The van der Waals surface area contributed by atoms with E-state index in [1.54, 1.807) is 0 Å². The topological polar surface area (TPSA) is 21.3 Å². The van der Waals surface area contributed by atoms with Crippen LogP contribution in [0.1, 0.15) is 51.9 Å². The lowest BCUT2D eigenvalue weighted by molar-refractivity contribution is -0.142. The van der Waals surface area contributed by atoms with Crippen molar-refractivity contribution in [2.45, 2.75) is 63.6 Å². The van der Waals surface area contributed by atoms with E-state index < -0.39 is 0 Å². The van der Waals surface area contributed by atoms with Gasteiger partial charge in [0.15, 0.2) is 0 Å². The van der Waals surface area contributed by atoms with Gasteiger partial charge < -0.3 is 10.1 Å². The first kappa shape index (κ1) is 11.4. The van der Waals surface area contributed by atoms with Gasteiger partial charge in [-0.25, -0.2) is 0 Å². The fourth-order valence-electron chi connectivity index (χ4n) is 3.09. The molecular formula is C13H25NO. The van der Waals surface area contributed by atoms with Gasteiger partial charge in [0.1, 0.15) is 0 Å². The van der Waals surface area contributed by atoms with Gasteiger partial charge in [-0.3, -0.25) is 0 Å². The molecule has 2 fully saturated rings. The van der Waals surface area contributed by atoms with Gasteiger partial charge in [0.05, 0.1) is 11.7 Å². The van der Waals surface area contributed by atoms with E-state index in [0.29, 0.717) is 6.10 Å². The molecule has 0 aromatic carbocycles. The van der Waals surface area contributed by atoms with Crippen LogP contribution in [0.2, 0.25) is 0 Å². The van der Waals surface area contributed by atoms with Crippen molar-refractivity contribution in [3.63, 3.8) is 0 Å². The standard InChI is InChI=1S/C13H25NO/c1-11-5-4-8-13(9-11,10-14-2)15-12-6-3-7-12/h11-12,14H,3-10H2,1-2H3. The van der Waals surface area contributed by atoms with Crippen molar-refractivity contribution < 1.29 is 4.74 Å². The summed E-state index contributed by atoms with van der Waals surface area (Å²) in [6, 6.07) is 0. The summed E-state index contributed by atoms with van der Waals surface area (Å²) in [6.07, 6.45) is 9.77. The molecule has 0 aromatic heterocycles. The third-order valence-electron chi connectivity index (χ3n) is 4.02. The molecule has 15 heavy (non-hydrogen) atoms. The Bertz CT molecular complexity index is 199. The lowest BCUT2D eigenvalue weighted by Crippen LogP contribution is -2.48. The third kappa shape index (κ3) is 2.73. The molecule has 2 nitrogen and oxygen atoms in total. The Labute approximate surface area is 93.8 Å². The Morgan fingerprint density at radius 2 is 2.07 bits per heavy atom. The lowest BCUT2D eigenvalue weighted by atomic mass is 9.78. The third-order valence-corrected chi connectivity index (χ3v) is 4.02. The predicted octanol–water partition coefficient (Wildman–Crippen LogP) is 2.72. The van der Waals surface area contributed by atoms with E-state index in [1.165, 1.54) is 44.9 Å². The molecule has 2 atom stereocenters. The van der Waals surface area contributed by atoms with E-state index in [0.717, 1.165) is 12.5 Å². The van der Waals surface area contributed by atoms with Crippen LogP contribution in [-0.2, 0) is 4.74 Å². The van der Waals surface area contributed by atoms with Crippen molar-refractivity contribution in [1.29, 1.82) is 0 Å². The van der Waals surface area contributed by atoms with Crippen LogP contribution in [-0.4, -0.2) is 25.3 Å². The number of hydrogen-bond donors (Lipinski definition) is 1. The minimum atomic E-state index is 0.164. The summed E-state index contributed by atoms with van der Waals surface area (Å²) in [7, 11) is 2.05. The summed E-state index contributed by atoms with van der Waals surface area (Å²) in [5.41, 5.74) is 0.164. The van der Waals surface area contributed by atoms with Crippen molar-refractivity contribution in [3.05, 3.63) is 0 Å². The molecule has 2 aliphatic carbocycles. The minimum Gasteiger partial charge on any atom is -0.370 e. The van der Waals surface area contributed by atoms with Crippen LogP contribution >= 0.6 is 0 Å². The van der Waals surface area contributed by atoms with Crippen molar-refractivity contribution >= 4 is 0 Å². The molecule has 0 saturated heterocycles. The molecule has 0 aliphatic heterocycles. The highest BCUT2D eigenvalue weighted by molar-refractivity contribution is 4.90. The van der Waals surface area contributed by atoms with E-state index in [9.17, 15) is 0 Å². The highest BCUT2D eigenvalue weighted by Gasteiger charge is 2.38. The molecule has 0 aromatic rings. The molecule has 2 unspecified atom stereocenters. The van der Waals surface area contributed by atoms with Crippen LogP contribution in [0.5, 0.6) is 0 Å². The first-order valence-electron chi connectivity index (χ1n) is 6.56. The molecule has 1 N–H and O–H groups in total. The monoisotopic (exact) mass is 211 g/mol. The zero-order chi connectivity index (χ0) is 10.7. The Kier molecular flexibility index (Phi) is 3.68. The molecule has 0 bridgehead atoms. The van der Waals surface area contributed by atoms with Crippen molar-refractivity contribution in [1.82, 2.24) is 5.32 Å². The molecule has 2 rings (SSSR count). The Morgan fingerprint density at radius 3 is 2.60 bits per heavy atom. The molecule has 0 heterocycles. The van der Waals surface area contributed by atoms with Gasteiger partial charge in [-0.15, -0.1) is 0 Å². The van der Waals surface area contributed by atoms with Crippen LogP contribution in [0, 0.1) is 5.92 Å². The van der Waals surface area contributed by atoms with Crippen LogP contribution < -0.4 is 5.32 Å². The number of ether oxygens (including phenoxy) is 1. The van der Waals surface area contributed by atoms with Crippen molar-refractivity contribution in [3.8, 4) is 0 Å². The molecule has 0 radical (unpaired) electrons. The van der Waals surface area contributed by atoms with Gasteiger partial charge in [-0.2, -0.15) is 0 Å². The van der Waals surface area contributed by atoms with E-state index in [2.05, 4.69) is 12.2 Å². The van der Waals surface area contributed by atoms with Crippen LogP contribution in [0.15, 0.2) is 0 Å². The minimum absolute atomic E-state index is 0.164. The van der Waals surface area contributed by atoms with E-state index in [1.807, 2.05) is 7.05 Å². The van der Waals surface area contributed by atoms with Gasteiger partial charge in [0.2, 0.25) is 0 Å². The van der Waals surface area contributed by atoms with Gasteiger partial charge in [-0.1, -0.05) is 19.8 Å². The average molecular weight is 211 g/mol. The van der Waals surface area contributed by atoms with Crippen LogP contribution in [0.4, 0.5) is 0 Å². The predicted molar refractivity (Wildman–Crippen MR) is 63.0 cm³/mol. The Morgan fingerprint density at radius 1 is 1.27 bits per heavy atom. The van der Waals surface area contributed by atoms with Crippen molar-refractivity contribution in [2.24, 2.45) is 5.92 Å². The second-order valence-corrected chi connectivity index (χ2v) is 5.59. The smallest absolute Gasteiger partial charge is 0.0812 e. The van der Waals surface area contributed by atoms with Gasteiger partial charge in [0.25, 0.3) is 0 Å². The summed E-state index contributed by atoms with van der Waals surface area (Å²) in [4.78, 5) is 0. The molecule has 2 saturated carbocycles. The Hall–Kier alpha value is -0.0800. The summed E-state index contributed by atoms with van der Waals surface area (Å²) in [6.45, 7) is 3.40. The second-order valence-electron chi connectivity index (χ2n) is 5.59. The first-order valence-corrected chi connectivity index (χ1v) is 6.56. The normalized spacial score (nSPS) is 37.6. The molecule has 0 spiro atoms. The van der Waals surface area contributed by atoms with Gasteiger partial charge in [-0.05, 0) is 45.1 Å². The number of nitrogens with one attached hydrogen (secondary N) is 1. The second kappa shape index (κ2) is 4.84. The molecule has 0 amide bonds. The van der Waals surface area contributed by atoms with E-state index in [-0.39, 0.29) is 5.60 Å². The van der Waals surface area contributed by atoms with Gasteiger partial charge >= 0.3 is 0 Å². The number of rotatable bonds is 4.